The first-order chi connectivity index (χ1) is 14.0. The number of anilines is 1. The third-order valence-electron chi connectivity index (χ3n) is 5.29. The number of hydrogen-bond acceptors (Lipinski definition) is 5. The van der Waals surface area contributed by atoms with E-state index in [-0.39, 0.29) is 13.2 Å². The maximum Gasteiger partial charge on any atom is 0.248 e. The first-order valence-corrected chi connectivity index (χ1v) is 10.3. The highest BCUT2D eigenvalue weighted by Gasteiger charge is 2.21. The second-order valence-electron chi connectivity index (χ2n) is 7.36. The van der Waals surface area contributed by atoms with Crippen molar-refractivity contribution >= 4 is 23.2 Å². The summed E-state index contributed by atoms with van der Waals surface area (Å²) in [6.07, 6.45) is 0. The lowest BCUT2D eigenvalue weighted by Crippen LogP contribution is -2.47. The minimum Gasteiger partial charge on any atom is -0.491 e. The Hall–Kier alpha value is -2.28. The van der Waals surface area contributed by atoms with E-state index >= 15 is 0 Å². The summed E-state index contributed by atoms with van der Waals surface area (Å²) in [5.74, 6) is 0.643. The number of aliphatic hydroxyl groups excluding tert-OH is 1. The summed E-state index contributed by atoms with van der Waals surface area (Å²) in [6, 6.07) is 13.2. The molecule has 3 N–H and O–H groups in total. The molecule has 0 spiro atoms. The van der Waals surface area contributed by atoms with E-state index in [4.69, 9.17) is 27.2 Å². The molecule has 1 atom stereocenters. The number of benzene rings is 2. The summed E-state index contributed by atoms with van der Waals surface area (Å²) < 4.78 is 5.41. The van der Waals surface area contributed by atoms with E-state index < -0.39 is 5.91 Å². The number of piperazine rings is 1. The van der Waals surface area contributed by atoms with Crippen LogP contribution in [-0.4, -0.2) is 61.9 Å². The summed E-state index contributed by atoms with van der Waals surface area (Å²) in [7, 11) is 0. The molecule has 0 bridgehead atoms. The van der Waals surface area contributed by atoms with E-state index in [1.807, 2.05) is 24.3 Å². The summed E-state index contributed by atoms with van der Waals surface area (Å²) in [5, 5.41) is 9.52. The maximum atomic E-state index is 11.2. The molecule has 1 unspecified atom stereocenters. The normalized spacial score (nSPS) is 15.9. The van der Waals surface area contributed by atoms with Gasteiger partial charge >= 0.3 is 0 Å². The van der Waals surface area contributed by atoms with Crippen molar-refractivity contribution < 1.29 is 14.6 Å². The van der Waals surface area contributed by atoms with Crippen LogP contribution in [0.1, 0.15) is 28.8 Å². The minimum atomic E-state index is -0.396. The number of amides is 1. The molecule has 0 saturated carbocycles. The van der Waals surface area contributed by atoms with Crippen molar-refractivity contribution in [1.82, 2.24) is 4.90 Å². The zero-order valence-corrected chi connectivity index (χ0v) is 17.4. The number of nitrogens with two attached hydrogens (primary N) is 1. The number of carbonyl (C=O) groups excluding carboxylic acids is 1. The van der Waals surface area contributed by atoms with E-state index in [1.165, 1.54) is 5.56 Å². The summed E-state index contributed by atoms with van der Waals surface area (Å²) >= 11 is 6.45. The highest BCUT2D eigenvalue weighted by Crippen LogP contribution is 2.31. The van der Waals surface area contributed by atoms with Gasteiger partial charge in [-0.05, 0) is 35.7 Å². The predicted molar refractivity (Wildman–Crippen MR) is 116 cm³/mol. The average molecular weight is 418 g/mol. The van der Waals surface area contributed by atoms with Crippen molar-refractivity contribution in [3.63, 3.8) is 0 Å². The fraction of sp³-hybridized carbons (Fsp3) is 0.409. The Morgan fingerprint density at radius 2 is 1.86 bits per heavy atom. The zero-order valence-electron chi connectivity index (χ0n) is 16.7. The van der Waals surface area contributed by atoms with Gasteiger partial charge in [0.05, 0.1) is 17.3 Å². The van der Waals surface area contributed by atoms with E-state index in [0.717, 1.165) is 38.4 Å². The molecule has 1 saturated heterocycles. The van der Waals surface area contributed by atoms with Gasteiger partial charge in [-0.25, -0.2) is 0 Å². The highest BCUT2D eigenvalue weighted by atomic mass is 35.5. The van der Waals surface area contributed by atoms with Crippen LogP contribution < -0.4 is 15.4 Å². The Morgan fingerprint density at radius 1 is 1.17 bits per heavy atom. The van der Waals surface area contributed by atoms with Crippen LogP contribution in [0.25, 0.3) is 0 Å². The lowest BCUT2D eigenvalue weighted by Gasteiger charge is -2.37. The molecule has 2 aromatic rings. The average Bonchev–Trinajstić information content (AvgIpc) is 2.73. The first kappa shape index (κ1) is 21.4. The van der Waals surface area contributed by atoms with Crippen LogP contribution in [0.2, 0.25) is 5.02 Å². The molecule has 3 rings (SSSR count). The van der Waals surface area contributed by atoms with Crippen molar-refractivity contribution in [2.75, 3.05) is 50.8 Å². The second-order valence-corrected chi connectivity index (χ2v) is 7.77. The lowest BCUT2D eigenvalue weighted by atomic mass is 9.99. The number of hydrogen-bond donors (Lipinski definition) is 2. The molecule has 1 aliphatic rings. The molecular formula is C22H28ClN3O3. The summed E-state index contributed by atoms with van der Waals surface area (Å²) in [4.78, 5) is 16.0. The Kier molecular flexibility index (Phi) is 7.36. The molecule has 2 aromatic carbocycles. The molecule has 1 heterocycles. The van der Waals surface area contributed by atoms with E-state index in [0.29, 0.717) is 22.3 Å². The maximum absolute atomic E-state index is 11.2. The molecular weight excluding hydrogens is 390 g/mol. The van der Waals surface area contributed by atoms with Crippen LogP contribution in [0.15, 0.2) is 42.5 Å². The van der Waals surface area contributed by atoms with Crippen molar-refractivity contribution in [1.29, 1.82) is 0 Å². The molecule has 0 radical (unpaired) electrons. The van der Waals surface area contributed by atoms with Gasteiger partial charge in [-0.15, -0.1) is 0 Å². The van der Waals surface area contributed by atoms with Gasteiger partial charge in [0.2, 0.25) is 5.91 Å². The first-order valence-electron chi connectivity index (χ1n) is 9.88. The number of carbonyl (C=O) groups is 1. The smallest absolute Gasteiger partial charge is 0.248 e. The van der Waals surface area contributed by atoms with Crippen molar-refractivity contribution in [3.8, 4) is 5.75 Å². The SMILES string of the molecule is CC(CN1CCN(c2ccc(OCCO)cc2Cl)CC1)c1ccc(C(N)=O)cc1. The summed E-state index contributed by atoms with van der Waals surface area (Å²) in [5.41, 5.74) is 8.07. The van der Waals surface area contributed by atoms with Crippen LogP contribution in [-0.2, 0) is 0 Å². The molecule has 156 valence electrons. The molecule has 0 aliphatic carbocycles. The monoisotopic (exact) mass is 417 g/mol. The van der Waals surface area contributed by atoms with Gasteiger partial charge in [-0.3, -0.25) is 9.69 Å². The van der Waals surface area contributed by atoms with Crippen molar-refractivity contribution in [2.24, 2.45) is 5.73 Å². The quantitative estimate of drug-likeness (QED) is 0.690. The van der Waals surface area contributed by atoms with Crippen LogP contribution in [0.4, 0.5) is 5.69 Å². The Morgan fingerprint density at radius 3 is 2.45 bits per heavy atom. The van der Waals surface area contributed by atoms with E-state index in [1.54, 1.807) is 18.2 Å². The fourth-order valence-electron chi connectivity index (χ4n) is 3.64. The number of aliphatic hydroxyl groups is 1. The van der Waals surface area contributed by atoms with Gasteiger partial charge in [-0.2, -0.15) is 0 Å². The third-order valence-corrected chi connectivity index (χ3v) is 5.59. The minimum absolute atomic E-state index is 0.0188. The van der Waals surface area contributed by atoms with Gasteiger partial charge < -0.3 is 20.5 Å². The van der Waals surface area contributed by atoms with Crippen LogP contribution in [0.3, 0.4) is 0 Å². The molecule has 6 nitrogen and oxygen atoms in total. The van der Waals surface area contributed by atoms with Crippen LogP contribution in [0.5, 0.6) is 5.75 Å². The third kappa shape index (κ3) is 5.63. The molecule has 1 aliphatic heterocycles. The van der Waals surface area contributed by atoms with Gasteiger partial charge in [0.1, 0.15) is 12.4 Å². The van der Waals surface area contributed by atoms with Crippen LogP contribution >= 0.6 is 11.6 Å². The number of ether oxygens (including phenoxy) is 1. The van der Waals surface area contributed by atoms with E-state index in [2.05, 4.69) is 16.7 Å². The highest BCUT2D eigenvalue weighted by molar-refractivity contribution is 6.33. The molecule has 29 heavy (non-hydrogen) atoms. The zero-order chi connectivity index (χ0) is 20.8. The number of halogens is 1. The Labute approximate surface area is 176 Å². The lowest BCUT2D eigenvalue weighted by molar-refractivity contribution is 0.1000. The molecule has 1 amide bonds. The predicted octanol–water partition coefficient (Wildman–Crippen LogP) is 2.74. The van der Waals surface area contributed by atoms with Crippen molar-refractivity contribution in [2.45, 2.75) is 12.8 Å². The van der Waals surface area contributed by atoms with Gasteiger partial charge in [0, 0.05) is 44.4 Å². The molecule has 7 heteroatoms. The number of rotatable bonds is 8. The number of primary amides is 1. The van der Waals surface area contributed by atoms with Gasteiger partial charge in [0.25, 0.3) is 0 Å². The molecule has 1 fully saturated rings. The topological polar surface area (TPSA) is 79.0 Å². The molecule has 0 aromatic heterocycles. The summed E-state index contributed by atoms with van der Waals surface area (Å²) in [6.45, 7) is 7.14. The van der Waals surface area contributed by atoms with Gasteiger partial charge in [-0.1, -0.05) is 30.7 Å². The Balaban J connectivity index is 1.53. The largest absolute Gasteiger partial charge is 0.491 e. The van der Waals surface area contributed by atoms with Crippen LogP contribution in [0, 0.1) is 0 Å². The fourth-order valence-corrected chi connectivity index (χ4v) is 3.93. The standard InChI is InChI=1S/C22H28ClN3O3/c1-16(17-2-4-18(5-3-17)22(24)28)15-25-8-10-26(11-9-25)21-7-6-19(14-20(21)23)29-13-12-27/h2-7,14,16,27H,8-13,15H2,1H3,(H2,24,28). The van der Waals surface area contributed by atoms with Crippen molar-refractivity contribution in [3.05, 3.63) is 58.6 Å². The Bertz CT molecular complexity index is 821. The van der Waals surface area contributed by atoms with Gasteiger partial charge in [0.15, 0.2) is 0 Å². The van der Waals surface area contributed by atoms with E-state index in [9.17, 15) is 4.79 Å². The number of nitrogens with zero attached hydrogens (tertiary/aromatic N) is 2. The second kappa shape index (κ2) is 9.96.